The second-order valence-electron chi connectivity index (χ2n) is 1.85. The lowest BCUT2D eigenvalue weighted by molar-refractivity contribution is 0.208. The van der Waals surface area contributed by atoms with Gasteiger partial charge in [-0.15, -0.1) is 0 Å². The molecule has 0 atom stereocenters. The van der Waals surface area contributed by atoms with Gasteiger partial charge in [0.05, 0.1) is 6.61 Å². The van der Waals surface area contributed by atoms with Crippen LogP contribution in [0, 0.1) is 0 Å². The number of hydrogen-bond donors (Lipinski definition) is 1. The number of halogens is 2. The number of rotatable bonds is 4. The van der Waals surface area contributed by atoms with Gasteiger partial charge < -0.3 is 10.0 Å². The quantitative estimate of drug-likeness (QED) is 0.683. The van der Waals surface area contributed by atoms with Gasteiger partial charge in [0.1, 0.15) is 0 Å². The number of nitrogens with zero attached hydrogens (tertiary/aromatic N) is 1. The Kier molecular flexibility index (Phi) is 15.1. The van der Waals surface area contributed by atoms with Gasteiger partial charge in [-0.1, -0.05) is 13.8 Å². The monoisotopic (exact) mass is 169 g/mol. The minimum absolute atomic E-state index is 0.279. The molecule has 0 aromatic carbocycles. The van der Waals surface area contributed by atoms with Crippen molar-refractivity contribution in [1.29, 1.82) is 0 Å². The molecule has 0 fully saturated rings. The van der Waals surface area contributed by atoms with Crippen LogP contribution in [-0.4, -0.2) is 43.2 Å². The summed E-state index contributed by atoms with van der Waals surface area (Å²) in [7, 11) is 0. The van der Waals surface area contributed by atoms with Crippen LogP contribution in [0.5, 0.6) is 0 Å². The third kappa shape index (κ3) is 12.9. The topological polar surface area (TPSA) is 23.5 Å². The first-order valence-corrected chi connectivity index (χ1v) is 3.71. The van der Waals surface area contributed by atoms with Crippen molar-refractivity contribution >= 4 is 0 Å². The van der Waals surface area contributed by atoms with Gasteiger partial charge in [0.25, 0.3) is 0 Å². The Hall–Kier alpha value is -0.220. The molecule has 1 N–H and O–H groups in total. The van der Waals surface area contributed by atoms with Crippen LogP contribution in [0.15, 0.2) is 0 Å². The minimum atomic E-state index is -1.75. The van der Waals surface area contributed by atoms with Gasteiger partial charge in [-0.25, -0.2) is 8.78 Å². The molecule has 0 amide bonds. The maximum atomic E-state index is 9.62. The smallest absolute Gasteiger partial charge is 0.229 e. The van der Waals surface area contributed by atoms with Crippen molar-refractivity contribution < 1.29 is 13.9 Å². The first-order valence-electron chi connectivity index (χ1n) is 3.71. The van der Waals surface area contributed by atoms with E-state index in [9.17, 15) is 8.78 Å². The van der Waals surface area contributed by atoms with Crippen LogP contribution in [0.3, 0.4) is 0 Å². The highest BCUT2D eigenvalue weighted by atomic mass is 19.3. The zero-order valence-corrected chi connectivity index (χ0v) is 7.19. The highest BCUT2D eigenvalue weighted by Gasteiger charge is 1.93. The molecule has 0 aliphatic heterocycles. The maximum absolute atomic E-state index is 9.62. The van der Waals surface area contributed by atoms with E-state index in [-0.39, 0.29) is 6.61 Å². The van der Waals surface area contributed by atoms with E-state index < -0.39 is 6.93 Å². The molecule has 0 aromatic heterocycles. The Morgan fingerprint density at radius 1 is 1.18 bits per heavy atom. The van der Waals surface area contributed by atoms with E-state index in [1.54, 1.807) is 0 Å². The molecule has 11 heavy (non-hydrogen) atoms. The fourth-order valence-electron chi connectivity index (χ4n) is 0.681. The third-order valence-electron chi connectivity index (χ3n) is 1.31. The molecule has 0 saturated carbocycles. The molecule has 2 nitrogen and oxygen atoms in total. The fourth-order valence-corrected chi connectivity index (χ4v) is 0.681. The summed E-state index contributed by atoms with van der Waals surface area (Å²) >= 11 is 0. The standard InChI is InChI=1S/C6H15NO.CH2F2/c1-3-7(4-2)5-6-8;2-1-3/h8H,3-6H2,1-2H3;1H2. The van der Waals surface area contributed by atoms with Crippen molar-refractivity contribution in [3.63, 3.8) is 0 Å². The van der Waals surface area contributed by atoms with Crippen molar-refractivity contribution in [2.75, 3.05) is 33.2 Å². The SMILES string of the molecule is CCN(CC)CCO.FCF. The average molecular weight is 169 g/mol. The van der Waals surface area contributed by atoms with E-state index >= 15 is 0 Å². The van der Waals surface area contributed by atoms with Gasteiger partial charge >= 0.3 is 0 Å². The number of aliphatic hydroxyl groups is 1. The van der Waals surface area contributed by atoms with E-state index in [4.69, 9.17) is 5.11 Å². The molecule has 0 heterocycles. The lowest BCUT2D eigenvalue weighted by atomic mass is 10.5. The van der Waals surface area contributed by atoms with Crippen molar-refractivity contribution in [1.82, 2.24) is 4.90 Å². The summed E-state index contributed by atoms with van der Waals surface area (Å²) in [5.74, 6) is 0. The summed E-state index contributed by atoms with van der Waals surface area (Å²) in [5, 5.41) is 8.46. The Balaban J connectivity index is 0. The Labute approximate surface area is 66.8 Å². The second kappa shape index (κ2) is 12.5. The number of aliphatic hydroxyl groups excluding tert-OH is 1. The molecule has 0 rings (SSSR count). The fraction of sp³-hybridized carbons (Fsp3) is 1.00. The van der Waals surface area contributed by atoms with Crippen LogP contribution in [0.4, 0.5) is 8.78 Å². The van der Waals surface area contributed by atoms with E-state index in [2.05, 4.69) is 18.7 Å². The molecule has 0 saturated heterocycles. The molecule has 4 heteroatoms. The first kappa shape index (κ1) is 13.4. The van der Waals surface area contributed by atoms with Gasteiger partial charge in [-0.2, -0.15) is 0 Å². The molecule has 0 radical (unpaired) electrons. The van der Waals surface area contributed by atoms with Crippen molar-refractivity contribution in [3.05, 3.63) is 0 Å². The minimum Gasteiger partial charge on any atom is -0.395 e. The zero-order valence-electron chi connectivity index (χ0n) is 7.19. The van der Waals surface area contributed by atoms with Crippen LogP contribution >= 0.6 is 0 Å². The summed E-state index contributed by atoms with van der Waals surface area (Å²) in [6.45, 7) is 5.61. The summed E-state index contributed by atoms with van der Waals surface area (Å²) in [5.41, 5.74) is 0. The molecule has 0 aliphatic carbocycles. The van der Waals surface area contributed by atoms with E-state index in [1.807, 2.05) is 0 Å². The lowest BCUT2D eigenvalue weighted by Gasteiger charge is -2.15. The maximum Gasteiger partial charge on any atom is 0.229 e. The van der Waals surface area contributed by atoms with Crippen LogP contribution in [0.2, 0.25) is 0 Å². The first-order chi connectivity index (χ1) is 5.26. The predicted molar refractivity (Wildman–Crippen MR) is 42.0 cm³/mol. The van der Waals surface area contributed by atoms with E-state index in [1.165, 1.54) is 0 Å². The van der Waals surface area contributed by atoms with Gasteiger partial charge in [-0.05, 0) is 13.1 Å². The van der Waals surface area contributed by atoms with Gasteiger partial charge in [-0.3, -0.25) is 0 Å². The molecule has 0 spiro atoms. The van der Waals surface area contributed by atoms with Crippen LogP contribution < -0.4 is 0 Å². The van der Waals surface area contributed by atoms with Crippen LogP contribution in [-0.2, 0) is 0 Å². The molecule has 0 aliphatic rings. The van der Waals surface area contributed by atoms with Crippen LogP contribution in [0.25, 0.3) is 0 Å². The number of hydrogen-bond acceptors (Lipinski definition) is 2. The Bertz CT molecular complexity index is 60.4. The Morgan fingerprint density at radius 2 is 1.55 bits per heavy atom. The van der Waals surface area contributed by atoms with E-state index in [0.717, 1.165) is 19.6 Å². The van der Waals surface area contributed by atoms with Crippen molar-refractivity contribution in [3.8, 4) is 0 Å². The largest absolute Gasteiger partial charge is 0.395 e. The molecule has 70 valence electrons. The number of likely N-dealkylation sites (N-methyl/N-ethyl adjacent to an activating group) is 1. The zero-order chi connectivity index (χ0) is 9.11. The van der Waals surface area contributed by atoms with Gasteiger partial charge in [0, 0.05) is 6.54 Å². The number of alkyl halides is 2. The summed E-state index contributed by atoms with van der Waals surface area (Å²) in [6, 6.07) is 0. The second-order valence-corrected chi connectivity index (χ2v) is 1.85. The van der Waals surface area contributed by atoms with Crippen molar-refractivity contribution in [2.24, 2.45) is 0 Å². The summed E-state index contributed by atoms with van der Waals surface area (Å²) in [6.07, 6.45) is 0. The molecular formula is C7H17F2NO. The Morgan fingerprint density at radius 3 is 1.64 bits per heavy atom. The van der Waals surface area contributed by atoms with Crippen molar-refractivity contribution in [2.45, 2.75) is 13.8 Å². The molecule has 0 bridgehead atoms. The average Bonchev–Trinajstić information content (AvgIpc) is 2.02. The lowest BCUT2D eigenvalue weighted by Crippen LogP contribution is -2.25. The molecule has 0 unspecified atom stereocenters. The molecular weight excluding hydrogens is 152 g/mol. The third-order valence-corrected chi connectivity index (χ3v) is 1.31. The van der Waals surface area contributed by atoms with Gasteiger partial charge in [0.15, 0.2) is 0 Å². The highest BCUT2D eigenvalue weighted by molar-refractivity contribution is 4.47. The van der Waals surface area contributed by atoms with Crippen LogP contribution in [0.1, 0.15) is 13.8 Å². The molecule has 0 aromatic rings. The summed E-state index contributed by atoms with van der Waals surface area (Å²) < 4.78 is 19.2. The highest BCUT2D eigenvalue weighted by Crippen LogP contribution is 1.82. The predicted octanol–water partition coefficient (Wildman–Crippen LogP) is 1.20. The summed E-state index contributed by atoms with van der Waals surface area (Å²) in [4.78, 5) is 2.18. The van der Waals surface area contributed by atoms with E-state index in [0.29, 0.717) is 0 Å². The normalized spacial score (nSPS) is 9.27. The van der Waals surface area contributed by atoms with Gasteiger partial charge in [0.2, 0.25) is 6.93 Å².